The van der Waals surface area contributed by atoms with Crippen LogP contribution in [-0.4, -0.2) is 24.2 Å². The molecule has 0 spiro atoms. The van der Waals surface area contributed by atoms with Gasteiger partial charge in [-0.05, 0) is 54.0 Å². The number of aryl methyl sites for hydroxylation is 1. The van der Waals surface area contributed by atoms with Crippen LogP contribution in [0.4, 0.5) is 5.69 Å². The zero-order chi connectivity index (χ0) is 15.6. The number of nitrogens with zero attached hydrogens (tertiary/aromatic N) is 1. The summed E-state index contributed by atoms with van der Waals surface area (Å²) < 4.78 is 0. The number of hydrogen-bond donors (Lipinski definition) is 1. The average molecular weight is 287 g/mol. The lowest BCUT2D eigenvalue weighted by molar-refractivity contribution is -0.131. The van der Waals surface area contributed by atoms with Crippen molar-refractivity contribution in [2.45, 2.75) is 34.1 Å². The van der Waals surface area contributed by atoms with Crippen molar-refractivity contribution in [3.8, 4) is 0 Å². The number of rotatable bonds is 3. The van der Waals surface area contributed by atoms with Crippen molar-refractivity contribution in [3.63, 3.8) is 0 Å². The first-order valence-electron chi connectivity index (χ1n) is 7.54. The zero-order valence-electron chi connectivity index (χ0n) is 13.4. The highest BCUT2D eigenvalue weighted by Crippen LogP contribution is 2.36. The molecular weight excluding hydrogens is 262 g/mol. The van der Waals surface area contributed by atoms with Crippen LogP contribution < -0.4 is 4.90 Å². The third-order valence-corrected chi connectivity index (χ3v) is 4.44. The molecule has 1 aliphatic heterocycles. The van der Waals surface area contributed by atoms with Gasteiger partial charge in [0.25, 0.3) is 0 Å². The first-order valence-corrected chi connectivity index (χ1v) is 7.54. The average Bonchev–Trinajstić information content (AvgIpc) is 2.86. The molecule has 0 radical (unpaired) electrons. The van der Waals surface area contributed by atoms with Gasteiger partial charge < -0.3 is 10.0 Å². The van der Waals surface area contributed by atoms with Crippen molar-refractivity contribution in [2.75, 3.05) is 18.0 Å². The number of carboxylic acids is 1. The Bertz CT molecular complexity index is 555. The van der Waals surface area contributed by atoms with Crippen LogP contribution in [0.25, 0.3) is 6.08 Å². The van der Waals surface area contributed by atoms with Gasteiger partial charge in [0, 0.05) is 24.9 Å². The van der Waals surface area contributed by atoms with E-state index in [2.05, 4.69) is 37.8 Å². The molecule has 1 fully saturated rings. The van der Waals surface area contributed by atoms with Crippen LogP contribution in [0.2, 0.25) is 0 Å². The second kappa shape index (κ2) is 5.92. The highest BCUT2D eigenvalue weighted by molar-refractivity contribution is 5.85. The molecule has 1 aromatic rings. The van der Waals surface area contributed by atoms with Crippen molar-refractivity contribution in [1.29, 1.82) is 0 Å². The fourth-order valence-corrected chi connectivity index (χ4v) is 2.91. The normalized spacial score (nSPS) is 19.4. The summed E-state index contributed by atoms with van der Waals surface area (Å²) in [6.07, 6.45) is 4.08. The Hall–Kier alpha value is -1.77. The Morgan fingerprint density at radius 2 is 2.10 bits per heavy atom. The third kappa shape index (κ3) is 3.87. The van der Waals surface area contributed by atoms with E-state index in [-0.39, 0.29) is 0 Å². The fourth-order valence-electron chi connectivity index (χ4n) is 2.91. The molecule has 0 saturated carbocycles. The summed E-state index contributed by atoms with van der Waals surface area (Å²) in [4.78, 5) is 13.0. The van der Waals surface area contributed by atoms with Crippen molar-refractivity contribution < 1.29 is 9.90 Å². The Labute approximate surface area is 127 Å². The molecule has 1 atom stereocenters. The van der Waals surface area contributed by atoms with Gasteiger partial charge >= 0.3 is 5.97 Å². The minimum atomic E-state index is -0.911. The largest absolute Gasteiger partial charge is 0.478 e. The van der Waals surface area contributed by atoms with E-state index in [1.807, 2.05) is 13.0 Å². The van der Waals surface area contributed by atoms with Gasteiger partial charge in [-0.15, -0.1) is 0 Å². The number of hydrogen-bond acceptors (Lipinski definition) is 2. The molecule has 2 rings (SSSR count). The van der Waals surface area contributed by atoms with Gasteiger partial charge in [-0.1, -0.05) is 26.8 Å². The predicted octanol–water partition coefficient (Wildman–Crippen LogP) is 3.97. The second-order valence-electron chi connectivity index (χ2n) is 7.01. The summed E-state index contributed by atoms with van der Waals surface area (Å²) in [6.45, 7) is 11.2. The highest BCUT2D eigenvalue weighted by atomic mass is 16.4. The van der Waals surface area contributed by atoms with Crippen LogP contribution in [0.3, 0.4) is 0 Å². The minimum absolute atomic E-state index is 0.355. The van der Waals surface area contributed by atoms with Crippen LogP contribution in [0.15, 0.2) is 24.3 Å². The molecule has 3 nitrogen and oxygen atoms in total. The maximum Gasteiger partial charge on any atom is 0.328 e. The van der Waals surface area contributed by atoms with E-state index in [0.29, 0.717) is 5.41 Å². The van der Waals surface area contributed by atoms with Crippen molar-refractivity contribution >= 4 is 17.7 Å². The molecule has 114 valence electrons. The molecule has 0 aliphatic carbocycles. The Morgan fingerprint density at radius 3 is 2.62 bits per heavy atom. The van der Waals surface area contributed by atoms with Gasteiger partial charge in [-0.3, -0.25) is 0 Å². The van der Waals surface area contributed by atoms with Gasteiger partial charge in [0.15, 0.2) is 0 Å². The quantitative estimate of drug-likeness (QED) is 0.855. The van der Waals surface area contributed by atoms with E-state index >= 15 is 0 Å². The summed E-state index contributed by atoms with van der Waals surface area (Å²) in [6, 6.07) is 6.26. The van der Waals surface area contributed by atoms with Crippen molar-refractivity contribution in [1.82, 2.24) is 0 Å². The number of carbonyl (C=O) groups is 1. The molecule has 1 saturated heterocycles. The van der Waals surface area contributed by atoms with E-state index in [4.69, 9.17) is 5.11 Å². The first kappa shape index (κ1) is 15.6. The summed E-state index contributed by atoms with van der Waals surface area (Å²) in [7, 11) is 0. The van der Waals surface area contributed by atoms with E-state index in [1.165, 1.54) is 18.2 Å². The van der Waals surface area contributed by atoms with Crippen LogP contribution in [0, 0.1) is 18.3 Å². The number of benzene rings is 1. The summed E-state index contributed by atoms with van der Waals surface area (Å²) in [5.74, 6) is -0.185. The molecule has 1 aromatic carbocycles. The fraction of sp³-hybridized carbons (Fsp3) is 0.500. The number of aliphatic carboxylic acids is 1. The molecular formula is C18H25NO2. The summed E-state index contributed by atoms with van der Waals surface area (Å²) in [5, 5.41) is 8.70. The molecule has 1 unspecified atom stereocenters. The molecule has 1 aliphatic rings. The highest BCUT2D eigenvalue weighted by Gasteiger charge is 2.31. The first-order chi connectivity index (χ1) is 9.77. The summed E-state index contributed by atoms with van der Waals surface area (Å²) >= 11 is 0. The number of carboxylic acid groups (broad SMARTS) is 1. The maximum atomic E-state index is 10.6. The van der Waals surface area contributed by atoms with Gasteiger partial charge in [0.1, 0.15) is 0 Å². The Morgan fingerprint density at radius 1 is 1.38 bits per heavy atom. The van der Waals surface area contributed by atoms with Gasteiger partial charge in [-0.2, -0.15) is 0 Å². The van der Waals surface area contributed by atoms with Crippen molar-refractivity contribution in [2.24, 2.45) is 11.3 Å². The molecule has 0 bridgehead atoms. The smallest absolute Gasteiger partial charge is 0.328 e. The molecule has 0 amide bonds. The molecule has 1 N–H and O–H groups in total. The second-order valence-corrected chi connectivity index (χ2v) is 7.01. The topological polar surface area (TPSA) is 40.5 Å². The van der Waals surface area contributed by atoms with Gasteiger partial charge in [0.2, 0.25) is 0 Å². The SMILES string of the molecule is Cc1cc(N2CCC(C(C)(C)C)C2)ccc1/C=C/C(=O)O. The van der Waals surface area contributed by atoms with Gasteiger partial charge in [0.05, 0.1) is 0 Å². The Balaban J connectivity index is 2.13. The lowest BCUT2D eigenvalue weighted by atomic mass is 9.80. The Kier molecular flexibility index (Phi) is 4.40. The number of anilines is 1. The van der Waals surface area contributed by atoms with Crippen LogP contribution in [0.5, 0.6) is 0 Å². The van der Waals surface area contributed by atoms with Gasteiger partial charge in [-0.25, -0.2) is 4.79 Å². The molecule has 1 heterocycles. The van der Waals surface area contributed by atoms with Crippen molar-refractivity contribution in [3.05, 3.63) is 35.4 Å². The standard InChI is InChI=1S/C18H25NO2/c1-13-11-16(7-5-14(13)6-8-17(20)21)19-10-9-15(12-19)18(2,3)4/h5-8,11,15H,9-10,12H2,1-4H3,(H,20,21)/b8-6+. The predicted molar refractivity (Wildman–Crippen MR) is 87.6 cm³/mol. The molecule has 0 aromatic heterocycles. The van der Waals surface area contributed by atoms with Crippen LogP contribution in [0.1, 0.15) is 38.3 Å². The van der Waals surface area contributed by atoms with E-state index in [0.717, 1.165) is 30.1 Å². The van der Waals surface area contributed by atoms with Crippen LogP contribution >= 0.6 is 0 Å². The van der Waals surface area contributed by atoms with Crippen LogP contribution in [-0.2, 0) is 4.79 Å². The van der Waals surface area contributed by atoms with E-state index in [1.54, 1.807) is 6.08 Å². The molecule has 3 heteroatoms. The minimum Gasteiger partial charge on any atom is -0.478 e. The molecule has 21 heavy (non-hydrogen) atoms. The van der Waals surface area contributed by atoms with E-state index in [9.17, 15) is 4.79 Å². The van der Waals surface area contributed by atoms with E-state index < -0.39 is 5.97 Å². The lowest BCUT2D eigenvalue weighted by Crippen LogP contribution is -2.25. The zero-order valence-corrected chi connectivity index (χ0v) is 13.4. The maximum absolute atomic E-state index is 10.6. The third-order valence-electron chi connectivity index (χ3n) is 4.44. The lowest BCUT2D eigenvalue weighted by Gasteiger charge is -2.27. The monoisotopic (exact) mass is 287 g/mol. The summed E-state index contributed by atoms with van der Waals surface area (Å²) in [5.41, 5.74) is 3.68.